The zero-order valence-electron chi connectivity index (χ0n) is 16.9. The summed E-state index contributed by atoms with van der Waals surface area (Å²) in [7, 11) is 0. The molecule has 0 amide bonds. The summed E-state index contributed by atoms with van der Waals surface area (Å²) in [5.41, 5.74) is -0.0574. The average molecular weight is 367 g/mol. The lowest BCUT2D eigenvalue weighted by molar-refractivity contribution is -0.137. The van der Waals surface area contributed by atoms with Crippen molar-refractivity contribution >= 4 is 11.8 Å². The highest BCUT2D eigenvalue weighted by Gasteiger charge is 2.35. The molecule has 1 saturated carbocycles. The minimum absolute atomic E-state index is 0.0574. The number of allylic oxidation sites excluding steroid dienone is 2. The number of carbonyl (C=O) groups excluding carboxylic acids is 1. The molecule has 150 valence electrons. The Kier molecular flexibility index (Phi) is 10.1. The van der Waals surface area contributed by atoms with Gasteiger partial charge < -0.3 is 10.2 Å². The van der Waals surface area contributed by atoms with E-state index in [2.05, 4.69) is 20.8 Å². The van der Waals surface area contributed by atoms with Gasteiger partial charge in [-0.05, 0) is 56.3 Å². The third kappa shape index (κ3) is 8.03. The number of aliphatic carboxylic acids is 1. The summed E-state index contributed by atoms with van der Waals surface area (Å²) >= 11 is 0. The predicted molar refractivity (Wildman–Crippen MR) is 105 cm³/mol. The Labute approximate surface area is 159 Å². The molecule has 0 bridgehead atoms. The molecule has 0 aromatic heterocycles. The molecule has 0 aromatic carbocycles. The lowest BCUT2D eigenvalue weighted by Gasteiger charge is -2.31. The molecule has 4 nitrogen and oxygen atoms in total. The summed E-state index contributed by atoms with van der Waals surface area (Å²) in [5.74, 6) is 0.0502. The number of aliphatic hydroxyl groups is 1. The highest BCUT2D eigenvalue weighted by Crippen LogP contribution is 2.37. The third-order valence-corrected chi connectivity index (χ3v) is 5.95. The van der Waals surface area contributed by atoms with E-state index in [1.807, 2.05) is 12.2 Å². The Morgan fingerprint density at radius 1 is 1.31 bits per heavy atom. The fourth-order valence-electron chi connectivity index (χ4n) is 3.94. The topological polar surface area (TPSA) is 74.6 Å². The first kappa shape index (κ1) is 22.9. The van der Waals surface area contributed by atoms with Gasteiger partial charge in [0.25, 0.3) is 0 Å². The lowest BCUT2D eigenvalue weighted by Crippen LogP contribution is -2.30. The van der Waals surface area contributed by atoms with Crippen LogP contribution >= 0.6 is 0 Å². The average Bonchev–Trinajstić information content (AvgIpc) is 2.93. The van der Waals surface area contributed by atoms with Crippen molar-refractivity contribution in [3.8, 4) is 0 Å². The Morgan fingerprint density at radius 3 is 2.69 bits per heavy atom. The molecular formula is C22H38O4. The van der Waals surface area contributed by atoms with E-state index in [-0.39, 0.29) is 23.9 Å². The number of ketones is 1. The highest BCUT2D eigenvalue weighted by atomic mass is 16.4. The van der Waals surface area contributed by atoms with E-state index >= 15 is 0 Å². The van der Waals surface area contributed by atoms with Gasteiger partial charge in [0.2, 0.25) is 0 Å². The van der Waals surface area contributed by atoms with Crippen LogP contribution in [0.1, 0.15) is 91.4 Å². The molecule has 0 aliphatic heterocycles. The van der Waals surface area contributed by atoms with Crippen LogP contribution in [0, 0.1) is 17.3 Å². The van der Waals surface area contributed by atoms with E-state index in [1.54, 1.807) is 0 Å². The van der Waals surface area contributed by atoms with Gasteiger partial charge in [-0.25, -0.2) is 0 Å². The van der Waals surface area contributed by atoms with Gasteiger partial charge >= 0.3 is 5.97 Å². The number of Topliss-reactive ketones (excluding diaryl/α,β-unsaturated/α-hetero) is 1. The van der Waals surface area contributed by atoms with Crippen molar-refractivity contribution in [2.24, 2.45) is 17.3 Å². The second kappa shape index (κ2) is 11.5. The maximum absolute atomic E-state index is 12.2. The van der Waals surface area contributed by atoms with Crippen molar-refractivity contribution in [3.63, 3.8) is 0 Å². The molecule has 0 aromatic rings. The Bertz CT molecular complexity index is 467. The number of hydrogen-bond acceptors (Lipinski definition) is 3. The first-order valence-electron chi connectivity index (χ1n) is 10.4. The number of hydrogen-bond donors (Lipinski definition) is 2. The maximum atomic E-state index is 12.2. The van der Waals surface area contributed by atoms with Gasteiger partial charge in [-0.2, -0.15) is 0 Å². The van der Waals surface area contributed by atoms with E-state index in [0.717, 1.165) is 51.4 Å². The van der Waals surface area contributed by atoms with E-state index < -0.39 is 5.97 Å². The fraction of sp³-hybridized carbons (Fsp3) is 0.818. The molecule has 26 heavy (non-hydrogen) atoms. The van der Waals surface area contributed by atoms with Crippen molar-refractivity contribution in [2.75, 3.05) is 0 Å². The van der Waals surface area contributed by atoms with E-state index in [0.29, 0.717) is 24.5 Å². The summed E-state index contributed by atoms with van der Waals surface area (Å²) in [6.45, 7) is 6.46. The van der Waals surface area contributed by atoms with Crippen LogP contribution in [0.4, 0.5) is 0 Å². The minimum Gasteiger partial charge on any atom is -0.481 e. The highest BCUT2D eigenvalue weighted by molar-refractivity contribution is 5.83. The first-order valence-corrected chi connectivity index (χ1v) is 10.4. The van der Waals surface area contributed by atoms with E-state index in [9.17, 15) is 14.7 Å². The maximum Gasteiger partial charge on any atom is 0.303 e. The second-order valence-electron chi connectivity index (χ2n) is 8.55. The number of rotatable bonds is 13. The standard InChI is InChI=1S/C22H38O4/c1-4-5-16-22(2,3)20(24)15-13-17-12-14-19(23)18(17)10-8-6-7-9-11-21(25)26/h6,8,17-18,20,24H,4-5,7,9-16H2,1-3H3,(H,25,26)/t17-,18+,20?/m1/s1. The molecule has 0 heterocycles. The quantitative estimate of drug-likeness (QED) is 0.349. The number of carboxylic acids is 1. The van der Waals surface area contributed by atoms with Crippen molar-refractivity contribution in [1.29, 1.82) is 0 Å². The molecule has 0 spiro atoms. The summed E-state index contributed by atoms with van der Waals surface area (Å²) in [6.07, 6.45) is 12.7. The molecule has 0 radical (unpaired) electrons. The molecule has 1 aliphatic rings. The molecule has 1 aliphatic carbocycles. The summed E-state index contributed by atoms with van der Waals surface area (Å²) in [4.78, 5) is 22.7. The van der Waals surface area contributed by atoms with Crippen LogP contribution in [-0.4, -0.2) is 28.1 Å². The van der Waals surface area contributed by atoms with Gasteiger partial charge in [-0.1, -0.05) is 45.8 Å². The number of carboxylic acid groups (broad SMARTS) is 1. The number of aliphatic hydroxyl groups excluding tert-OH is 1. The molecular weight excluding hydrogens is 328 g/mol. The van der Waals surface area contributed by atoms with Crippen LogP contribution < -0.4 is 0 Å². The normalized spacial score (nSPS) is 22.2. The summed E-state index contributed by atoms with van der Waals surface area (Å²) in [5, 5.41) is 19.2. The zero-order chi connectivity index (χ0) is 19.6. The Balaban J connectivity index is 2.41. The minimum atomic E-state index is -0.759. The van der Waals surface area contributed by atoms with Crippen LogP contribution in [-0.2, 0) is 9.59 Å². The van der Waals surface area contributed by atoms with Crippen LogP contribution in [0.5, 0.6) is 0 Å². The summed E-state index contributed by atoms with van der Waals surface area (Å²) in [6, 6.07) is 0. The molecule has 1 fully saturated rings. The van der Waals surface area contributed by atoms with Gasteiger partial charge in [0.05, 0.1) is 6.10 Å². The molecule has 0 saturated heterocycles. The molecule has 3 atom stereocenters. The lowest BCUT2D eigenvalue weighted by atomic mass is 9.77. The van der Waals surface area contributed by atoms with Gasteiger partial charge in [0.15, 0.2) is 0 Å². The SMILES string of the molecule is CCCCC(C)(C)C(O)CC[C@H]1CCC(=O)[C@H]1CC=CCCCC(=O)O. The van der Waals surface area contributed by atoms with Crippen LogP contribution in [0.2, 0.25) is 0 Å². The van der Waals surface area contributed by atoms with Crippen LogP contribution in [0.25, 0.3) is 0 Å². The van der Waals surface area contributed by atoms with Gasteiger partial charge in [-0.3, -0.25) is 9.59 Å². The Morgan fingerprint density at radius 2 is 2.04 bits per heavy atom. The number of unbranched alkanes of at least 4 members (excludes halogenated alkanes) is 2. The third-order valence-electron chi connectivity index (χ3n) is 5.95. The van der Waals surface area contributed by atoms with Crippen molar-refractivity contribution in [3.05, 3.63) is 12.2 Å². The van der Waals surface area contributed by atoms with Gasteiger partial charge in [-0.15, -0.1) is 0 Å². The molecule has 1 unspecified atom stereocenters. The smallest absolute Gasteiger partial charge is 0.303 e. The molecule has 1 rings (SSSR count). The molecule has 4 heteroatoms. The van der Waals surface area contributed by atoms with Gasteiger partial charge in [0.1, 0.15) is 5.78 Å². The van der Waals surface area contributed by atoms with E-state index in [4.69, 9.17) is 5.11 Å². The Hall–Kier alpha value is -1.16. The molecule has 2 N–H and O–H groups in total. The van der Waals surface area contributed by atoms with Crippen molar-refractivity contribution in [2.45, 2.75) is 97.5 Å². The predicted octanol–water partition coefficient (Wildman–Crippen LogP) is 5.14. The first-order chi connectivity index (χ1) is 12.3. The van der Waals surface area contributed by atoms with Crippen molar-refractivity contribution in [1.82, 2.24) is 0 Å². The van der Waals surface area contributed by atoms with Crippen molar-refractivity contribution < 1.29 is 19.8 Å². The zero-order valence-corrected chi connectivity index (χ0v) is 16.9. The van der Waals surface area contributed by atoms with Gasteiger partial charge in [0, 0.05) is 18.8 Å². The number of carbonyl (C=O) groups is 2. The summed E-state index contributed by atoms with van der Waals surface area (Å²) < 4.78 is 0. The fourth-order valence-corrected chi connectivity index (χ4v) is 3.94. The van der Waals surface area contributed by atoms with Crippen LogP contribution in [0.15, 0.2) is 12.2 Å². The van der Waals surface area contributed by atoms with Crippen LogP contribution in [0.3, 0.4) is 0 Å². The second-order valence-corrected chi connectivity index (χ2v) is 8.55. The monoisotopic (exact) mass is 366 g/mol. The largest absolute Gasteiger partial charge is 0.481 e. The van der Waals surface area contributed by atoms with E-state index in [1.165, 1.54) is 0 Å².